The van der Waals surface area contributed by atoms with Crippen LogP contribution in [-0.4, -0.2) is 54.3 Å². The molecule has 15 heteroatoms. The van der Waals surface area contributed by atoms with Gasteiger partial charge < -0.3 is 15.2 Å². The fraction of sp³-hybridized carbons (Fsp3) is 0.233. The molecule has 6 rings (SSSR count). The molecule has 1 aliphatic heterocycles. The van der Waals surface area contributed by atoms with Gasteiger partial charge in [-0.2, -0.15) is 5.10 Å². The van der Waals surface area contributed by atoms with E-state index in [0.717, 1.165) is 16.4 Å². The molecule has 0 spiro atoms. The number of pyridine rings is 1. The van der Waals surface area contributed by atoms with E-state index in [1.54, 1.807) is 19.1 Å². The van der Waals surface area contributed by atoms with Crippen molar-refractivity contribution in [3.05, 3.63) is 88.3 Å². The molecule has 2 aromatic heterocycles. The Morgan fingerprint density at radius 1 is 1.11 bits per heavy atom. The number of nitrogens with two attached hydrogens (primary N) is 1. The van der Waals surface area contributed by atoms with Crippen LogP contribution in [0.15, 0.2) is 54.4 Å². The van der Waals surface area contributed by atoms with Gasteiger partial charge in [0.2, 0.25) is 21.7 Å². The predicted molar refractivity (Wildman–Crippen MR) is 157 cm³/mol. The Morgan fingerprint density at radius 3 is 2.53 bits per heavy atom. The number of aryl methyl sites for hydroxylation is 1. The van der Waals surface area contributed by atoms with E-state index in [9.17, 15) is 30.8 Å². The summed E-state index contributed by atoms with van der Waals surface area (Å²) in [7, 11) is -3.64. The maximum absolute atomic E-state index is 14.0. The molecule has 1 aliphatic carbocycles. The Labute approximate surface area is 254 Å². The molecule has 0 amide bonds. The normalized spacial score (nSPS) is 15.3. The van der Waals surface area contributed by atoms with Crippen LogP contribution in [0.5, 0.6) is 17.4 Å². The van der Waals surface area contributed by atoms with Crippen molar-refractivity contribution in [3.8, 4) is 23.1 Å². The number of benzene rings is 2. The molecular weight excluding hydrogens is 618 g/mol. The zero-order valence-electron chi connectivity index (χ0n) is 23.6. The highest BCUT2D eigenvalue weighted by Crippen LogP contribution is 2.40. The number of anilines is 2. The van der Waals surface area contributed by atoms with E-state index >= 15 is 0 Å². The summed E-state index contributed by atoms with van der Waals surface area (Å²) < 4.78 is 92.2. The van der Waals surface area contributed by atoms with E-state index in [1.807, 2.05) is 0 Å². The number of Topliss-reactive ketones (excluding diaryl/α,β-unsaturated/α-hetero) is 1. The first-order valence-electron chi connectivity index (χ1n) is 13.7. The van der Waals surface area contributed by atoms with Crippen molar-refractivity contribution in [2.24, 2.45) is 0 Å². The van der Waals surface area contributed by atoms with Gasteiger partial charge in [0.15, 0.2) is 17.4 Å². The lowest BCUT2D eigenvalue weighted by Crippen LogP contribution is -2.26. The SMILES string of the molecule is Cc1cc(Oc2c(F)cccc2F)ncc1-n1ncc(C(=O)C2=Cc3cc(OCC(F)F)c(N4CCCS4(=O)=O)cc3C2)c1N. The van der Waals surface area contributed by atoms with Gasteiger partial charge in [-0.3, -0.25) is 9.10 Å². The zero-order chi connectivity index (χ0) is 32.0. The molecule has 1 saturated heterocycles. The van der Waals surface area contributed by atoms with E-state index in [4.69, 9.17) is 15.2 Å². The van der Waals surface area contributed by atoms with Crippen molar-refractivity contribution < 1.29 is 40.2 Å². The number of carbonyl (C=O) groups is 1. The molecule has 0 radical (unpaired) electrons. The second-order valence-electron chi connectivity index (χ2n) is 10.5. The number of aromatic nitrogens is 3. The van der Waals surface area contributed by atoms with Crippen LogP contribution in [0.1, 0.15) is 33.5 Å². The standard InChI is InChI=1S/C30H25F4N5O5S/c1-16-8-27(44-29-21(31)4-2-5-22(29)32)36-14-24(16)39-30(35)20(13-37-39)28(40)19-9-17-11-23(38-6-3-7-45(38,41)42)25(12-18(17)10-19)43-15-26(33)34/h2,4-5,8,10-14,26H,3,6-7,9,15,35H2,1H3. The van der Waals surface area contributed by atoms with Gasteiger partial charge in [-0.05, 0) is 60.4 Å². The summed E-state index contributed by atoms with van der Waals surface area (Å²) in [5.74, 6) is -3.00. The van der Waals surface area contributed by atoms with Crippen LogP contribution in [0.2, 0.25) is 0 Å². The van der Waals surface area contributed by atoms with E-state index in [1.165, 1.54) is 35.3 Å². The average Bonchev–Trinajstić information content (AvgIpc) is 3.68. The van der Waals surface area contributed by atoms with E-state index in [2.05, 4.69) is 10.1 Å². The summed E-state index contributed by atoms with van der Waals surface area (Å²) in [4.78, 5) is 17.7. The molecule has 0 bridgehead atoms. The van der Waals surface area contributed by atoms with E-state index in [-0.39, 0.29) is 47.4 Å². The number of rotatable bonds is 9. The second-order valence-corrected chi connectivity index (χ2v) is 12.5. The fourth-order valence-electron chi connectivity index (χ4n) is 5.26. The van der Waals surface area contributed by atoms with Crippen LogP contribution >= 0.6 is 0 Å². The van der Waals surface area contributed by atoms with Gasteiger partial charge in [0.05, 0.1) is 35.1 Å². The molecule has 1 fully saturated rings. The Balaban J connectivity index is 1.26. The quantitative estimate of drug-likeness (QED) is 0.194. The van der Waals surface area contributed by atoms with E-state index < -0.39 is 46.2 Å². The minimum Gasteiger partial charge on any atom is -0.485 e. The lowest BCUT2D eigenvalue weighted by Gasteiger charge is -2.22. The van der Waals surface area contributed by atoms with E-state index in [0.29, 0.717) is 34.4 Å². The van der Waals surface area contributed by atoms with Crippen LogP contribution in [0.3, 0.4) is 0 Å². The third-order valence-electron chi connectivity index (χ3n) is 7.42. The summed E-state index contributed by atoms with van der Waals surface area (Å²) >= 11 is 0. The molecule has 0 saturated carbocycles. The Kier molecular flexibility index (Phi) is 7.72. The van der Waals surface area contributed by atoms with Gasteiger partial charge in [0, 0.05) is 24.6 Å². The Hall–Kier alpha value is -4.92. The van der Waals surface area contributed by atoms with Crippen molar-refractivity contribution >= 4 is 33.4 Å². The predicted octanol–water partition coefficient (Wildman–Crippen LogP) is 5.23. The highest BCUT2D eigenvalue weighted by atomic mass is 32.2. The molecule has 2 N–H and O–H groups in total. The lowest BCUT2D eigenvalue weighted by molar-refractivity contribution is 0.0821. The minimum atomic E-state index is -3.64. The third-order valence-corrected chi connectivity index (χ3v) is 9.27. The van der Waals surface area contributed by atoms with Crippen molar-refractivity contribution in [3.63, 3.8) is 0 Å². The Bertz CT molecular complexity index is 1960. The van der Waals surface area contributed by atoms with Crippen molar-refractivity contribution in [2.45, 2.75) is 26.2 Å². The molecule has 10 nitrogen and oxygen atoms in total. The minimum absolute atomic E-state index is 0.000350. The first kappa shape index (κ1) is 30.1. The third kappa shape index (κ3) is 5.70. The number of hydrogen-bond acceptors (Lipinski definition) is 8. The number of sulfonamides is 1. The molecule has 4 aromatic rings. The Morgan fingerprint density at radius 2 is 1.87 bits per heavy atom. The number of fused-ring (bicyclic) bond motifs is 1. The molecule has 3 heterocycles. The number of nitrogens with zero attached hydrogens (tertiary/aromatic N) is 4. The first-order valence-corrected chi connectivity index (χ1v) is 15.3. The van der Waals surface area contributed by atoms with Crippen LogP contribution in [-0.2, 0) is 16.4 Å². The average molecular weight is 644 g/mol. The van der Waals surface area contributed by atoms with Gasteiger partial charge >= 0.3 is 0 Å². The number of carbonyl (C=O) groups excluding carboxylic acids is 1. The van der Waals surface area contributed by atoms with Gasteiger partial charge in [0.25, 0.3) is 6.43 Å². The molecular formula is C30H25F4N5O5S. The number of nitrogen functional groups attached to an aromatic ring is 1. The first-order chi connectivity index (χ1) is 21.4. The number of alkyl halides is 2. The number of ether oxygens (including phenoxy) is 2. The maximum atomic E-state index is 14.0. The topological polar surface area (TPSA) is 130 Å². The van der Waals surface area contributed by atoms with Crippen LogP contribution < -0.4 is 19.5 Å². The molecule has 234 valence electrons. The number of allylic oxidation sites excluding steroid dienone is 1. The van der Waals surface area contributed by atoms with Crippen molar-refractivity contribution in [2.75, 3.05) is 28.9 Å². The summed E-state index contributed by atoms with van der Waals surface area (Å²) in [6.45, 7) is 0.932. The largest absolute Gasteiger partial charge is 0.485 e. The lowest BCUT2D eigenvalue weighted by atomic mass is 10.0. The zero-order valence-corrected chi connectivity index (χ0v) is 24.5. The summed E-state index contributed by atoms with van der Waals surface area (Å²) in [6, 6.07) is 7.76. The number of para-hydroxylation sites is 1. The summed E-state index contributed by atoms with van der Waals surface area (Å²) in [5.41, 5.74) is 8.94. The fourth-order valence-corrected chi connectivity index (χ4v) is 6.82. The van der Waals surface area contributed by atoms with Crippen molar-refractivity contribution in [1.29, 1.82) is 0 Å². The summed E-state index contributed by atoms with van der Waals surface area (Å²) in [5, 5.41) is 4.25. The van der Waals surface area contributed by atoms with Gasteiger partial charge in [-0.25, -0.2) is 35.6 Å². The molecule has 45 heavy (non-hydrogen) atoms. The highest BCUT2D eigenvalue weighted by Gasteiger charge is 2.33. The smallest absolute Gasteiger partial charge is 0.272 e. The van der Waals surface area contributed by atoms with Crippen LogP contribution in [0.4, 0.5) is 29.1 Å². The van der Waals surface area contributed by atoms with Crippen molar-refractivity contribution in [1.82, 2.24) is 14.8 Å². The van der Waals surface area contributed by atoms with Crippen LogP contribution in [0, 0.1) is 18.6 Å². The molecule has 0 unspecified atom stereocenters. The monoisotopic (exact) mass is 643 g/mol. The van der Waals surface area contributed by atoms with Gasteiger partial charge in [0.1, 0.15) is 18.2 Å². The maximum Gasteiger partial charge on any atom is 0.272 e. The number of hydrogen-bond donors (Lipinski definition) is 1. The van der Waals surface area contributed by atoms with Gasteiger partial charge in [-0.15, -0.1) is 0 Å². The number of halogens is 4. The number of ketones is 1. The highest BCUT2D eigenvalue weighted by molar-refractivity contribution is 7.93. The molecule has 0 atom stereocenters. The second kappa shape index (κ2) is 11.5. The molecule has 2 aliphatic rings. The van der Waals surface area contributed by atoms with Crippen LogP contribution in [0.25, 0.3) is 11.8 Å². The van der Waals surface area contributed by atoms with Gasteiger partial charge in [-0.1, -0.05) is 6.07 Å². The summed E-state index contributed by atoms with van der Waals surface area (Å²) in [6.07, 6.45) is 1.94. The molecule has 2 aromatic carbocycles.